The SMILES string of the molecule is CNC(=O)C[C@@H]1C(F)C(O)[C@@H](CO)N1CCCc1ccccc1. The van der Waals surface area contributed by atoms with Gasteiger partial charge >= 0.3 is 0 Å². The van der Waals surface area contributed by atoms with Crippen LogP contribution in [0.2, 0.25) is 0 Å². The maximum absolute atomic E-state index is 14.3. The average Bonchev–Trinajstić information content (AvgIpc) is 2.80. The molecule has 0 aromatic heterocycles. The van der Waals surface area contributed by atoms with E-state index in [1.54, 1.807) is 4.90 Å². The van der Waals surface area contributed by atoms with Crippen molar-refractivity contribution in [3.05, 3.63) is 35.9 Å². The van der Waals surface area contributed by atoms with Crippen LogP contribution in [0.25, 0.3) is 0 Å². The lowest BCUT2D eigenvalue weighted by atomic mass is 10.1. The normalized spacial score (nSPS) is 28.0. The number of nitrogens with zero attached hydrogens (tertiary/aromatic N) is 1. The van der Waals surface area contributed by atoms with Gasteiger partial charge in [-0.3, -0.25) is 9.69 Å². The zero-order chi connectivity index (χ0) is 16.8. The molecular formula is C17H25FN2O3. The molecule has 0 radical (unpaired) electrons. The average molecular weight is 324 g/mol. The summed E-state index contributed by atoms with van der Waals surface area (Å²) in [4.78, 5) is 13.4. The topological polar surface area (TPSA) is 72.8 Å². The summed E-state index contributed by atoms with van der Waals surface area (Å²) < 4.78 is 14.3. The standard InChI is InChI=1S/C17H25FN2O3/c1-19-15(22)10-13-16(18)17(23)14(11-21)20(13)9-5-8-12-6-3-2-4-7-12/h2-4,6-7,13-14,16-17,21,23H,5,8-11H2,1H3,(H,19,22)/t13-,14-,16?,17?/m1/s1. The molecule has 2 unspecified atom stereocenters. The predicted molar refractivity (Wildman–Crippen MR) is 85.7 cm³/mol. The van der Waals surface area contributed by atoms with Crippen LogP contribution in [0.15, 0.2) is 30.3 Å². The maximum Gasteiger partial charge on any atom is 0.221 e. The molecule has 3 N–H and O–H groups in total. The zero-order valence-corrected chi connectivity index (χ0v) is 13.4. The van der Waals surface area contributed by atoms with E-state index in [1.165, 1.54) is 12.6 Å². The third-order valence-corrected chi connectivity index (χ3v) is 4.53. The number of amides is 1. The van der Waals surface area contributed by atoms with Gasteiger partial charge in [0, 0.05) is 13.5 Å². The maximum atomic E-state index is 14.3. The Morgan fingerprint density at radius 2 is 2.00 bits per heavy atom. The summed E-state index contributed by atoms with van der Waals surface area (Å²) in [5, 5.41) is 22.0. The van der Waals surface area contributed by atoms with E-state index in [-0.39, 0.29) is 18.9 Å². The molecule has 5 nitrogen and oxygen atoms in total. The molecule has 0 spiro atoms. The highest BCUT2D eigenvalue weighted by Crippen LogP contribution is 2.30. The molecule has 0 aliphatic carbocycles. The van der Waals surface area contributed by atoms with Crippen LogP contribution < -0.4 is 5.32 Å². The van der Waals surface area contributed by atoms with E-state index in [2.05, 4.69) is 5.32 Å². The molecule has 1 aliphatic rings. The molecule has 0 bridgehead atoms. The minimum atomic E-state index is -1.53. The van der Waals surface area contributed by atoms with Crippen LogP contribution in [0.5, 0.6) is 0 Å². The van der Waals surface area contributed by atoms with Crippen molar-refractivity contribution in [2.24, 2.45) is 0 Å². The number of benzene rings is 1. The predicted octanol–water partition coefficient (Wildman–Crippen LogP) is 0.499. The molecule has 128 valence electrons. The van der Waals surface area contributed by atoms with Crippen LogP contribution in [0.4, 0.5) is 4.39 Å². The molecule has 1 fully saturated rings. The van der Waals surface area contributed by atoms with Crippen LogP contribution in [0, 0.1) is 0 Å². The number of aryl methyl sites for hydroxylation is 1. The molecule has 1 aliphatic heterocycles. The second-order valence-electron chi connectivity index (χ2n) is 5.96. The van der Waals surface area contributed by atoms with E-state index in [4.69, 9.17) is 0 Å². The summed E-state index contributed by atoms with van der Waals surface area (Å²) in [6, 6.07) is 8.60. The molecule has 4 atom stereocenters. The number of hydrogen-bond donors (Lipinski definition) is 3. The second kappa shape index (κ2) is 8.38. The van der Waals surface area contributed by atoms with Crippen molar-refractivity contribution < 1.29 is 19.4 Å². The fraction of sp³-hybridized carbons (Fsp3) is 0.588. The first-order valence-corrected chi connectivity index (χ1v) is 8.01. The molecular weight excluding hydrogens is 299 g/mol. The summed E-state index contributed by atoms with van der Waals surface area (Å²) >= 11 is 0. The van der Waals surface area contributed by atoms with E-state index in [0.717, 1.165) is 12.8 Å². The first-order chi connectivity index (χ1) is 11.1. The number of halogens is 1. The van der Waals surface area contributed by atoms with Crippen molar-refractivity contribution in [2.75, 3.05) is 20.2 Å². The van der Waals surface area contributed by atoms with Gasteiger partial charge < -0.3 is 15.5 Å². The van der Waals surface area contributed by atoms with Crippen molar-refractivity contribution >= 4 is 5.91 Å². The lowest BCUT2D eigenvalue weighted by Crippen LogP contribution is -2.43. The highest BCUT2D eigenvalue weighted by molar-refractivity contribution is 5.76. The molecule has 2 rings (SSSR count). The van der Waals surface area contributed by atoms with Gasteiger partial charge in [-0.15, -0.1) is 0 Å². The van der Waals surface area contributed by atoms with E-state index in [9.17, 15) is 19.4 Å². The Hall–Kier alpha value is -1.50. The van der Waals surface area contributed by atoms with Crippen molar-refractivity contribution in [3.8, 4) is 0 Å². The van der Waals surface area contributed by atoms with Gasteiger partial charge in [0.1, 0.15) is 12.3 Å². The fourth-order valence-corrected chi connectivity index (χ4v) is 3.24. The van der Waals surface area contributed by atoms with Gasteiger partial charge in [-0.1, -0.05) is 30.3 Å². The molecule has 1 heterocycles. The number of carbonyl (C=O) groups excluding carboxylic acids is 1. The summed E-state index contributed by atoms with van der Waals surface area (Å²) in [7, 11) is 1.50. The lowest BCUT2D eigenvalue weighted by molar-refractivity contribution is -0.122. The highest BCUT2D eigenvalue weighted by Gasteiger charge is 2.48. The van der Waals surface area contributed by atoms with Crippen LogP contribution in [-0.2, 0) is 11.2 Å². The fourth-order valence-electron chi connectivity index (χ4n) is 3.24. The summed E-state index contributed by atoms with van der Waals surface area (Å²) in [6.07, 6.45) is -1.21. The monoisotopic (exact) mass is 324 g/mol. The van der Waals surface area contributed by atoms with Gasteiger partial charge in [0.2, 0.25) is 5.91 Å². The Balaban J connectivity index is 2.00. The molecule has 1 amide bonds. The molecule has 1 aromatic rings. The number of hydrogen-bond acceptors (Lipinski definition) is 4. The van der Waals surface area contributed by atoms with Crippen molar-refractivity contribution in [1.29, 1.82) is 0 Å². The smallest absolute Gasteiger partial charge is 0.221 e. The van der Waals surface area contributed by atoms with Gasteiger partial charge in [-0.05, 0) is 24.9 Å². The minimum Gasteiger partial charge on any atom is -0.395 e. The van der Waals surface area contributed by atoms with E-state index in [1.807, 2.05) is 30.3 Å². The number of rotatable bonds is 7. The Bertz CT molecular complexity index is 500. The van der Waals surface area contributed by atoms with Crippen molar-refractivity contribution in [1.82, 2.24) is 10.2 Å². The van der Waals surface area contributed by atoms with Crippen LogP contribution in [0.3, 0.4) is 0 Å². The van der Waals surface area contributed by atoms with Gasteiger partial charge in [0.25, 0.3) is 0 Å². The number of likely N-dealkylation sites (tertiary alicyclic amines) is 1. The summed E-state index contributed by atoms with van der Waals surface area (Å²) in [5.41, 5.74) is 1.19. The summed E-state index contributed by atoms with van der Waals surface area (Å²) in [6.45, 7) is 0.205. The molecule has 6 heteroatoms. The molecule has 1 aromatic carbocycles. The largest absolute Gasteiger partial charge is 0.395 e. The Labute approximate surface area is 136 Å². The Kier molecular flexibility index (Phi) is 6.50. The third-order valence-electron chi connectivity index (χ3n) is 4.53. The number of aliphatic hydroxyl groups excluding tert-OH is 2. The van der Waals surface area contributed by atoms with Gasteiger partial charge in [-0.25, -0.2) is 4.39 Å². The number of nitrogens with one attached hydrogen (secondary N) is 1. The van der Waals surface area contributed by atoms with Crippen LogP contribution in [0.1, 0.15) is 18.4 Å². The summed E-state index contributed by atoms with van der Waals surface area (Å²) in [5.74, 6) is -0.267. The van der Waals surface area contributed by atoms with Gasteiger partial charge in [-0.2, -0.15) is 0 Å². The first-order valence-electron chi connectivity index (χ1n) is 8.01. The Morgan fingerprint density at radius 3 is 2.61 bits per heavy atom. The molecule has 0 saturated carbocycles. The van der Waals surface area contributed by atoms with Crippen molar-refractivity contribution in [3.63, 3.8) is 0 Å². The quantitative estimate of drug-likeness (QED) is 0.683. The third kappa shape index (κ3) is 4.28. The Morgan fingerprint density at radius 1 is 1.30 bits per heavy atom. The van der Waals surface area contributed by atoms with Crippen molar-refractivity contribution in [2.45, 2.75) is 43.6 Å². The van der Waals surface area contributed by atoms with Gasteiger partial charge in [0.15, 0.2) is 0 Å². The van der Waals surface area contributed by atoms with Crippen LogP contribution >= 0.6 is 0 Å². The van der Waals surface area contributed by atoms with E-state index >= 15 is 0 Å². The second-order valence-corrected chi connectivity index (χ2v) is 5.96. The van der Waals surface area contributed by atoms with Gasteiger partial charge in [0.05, 0.1) is 18.7 Å². The number of aliphatic hydroxyl groups is 2. The minimum absolute atomic E-state index is 0.0173. The lowest BCUT2D eigenvalue weighted by Gasteiger charge is -2.29. The van der Waals surface area contributed by atoms with Crippen LogP contribution in [-0.4, -0.2) is 65.6 Å². The van der Waals surface area contributed by atoms with E-state index in [0.29, 0.717) is 6.54 Å². The molecule has 23 heavy (non-hydrogen) atoms. The number of alkyl halides is 1. The number of carbonyl (C=O) groups is 1. The van der Waals surface area contributed by atoms with E-state index < -0.39 is 24.4 Å². The zero-order valence-electron chi connectivity index (χ0n) is 13.4. The molecule has 1 saturated heterocycles. The highest BCUT2D eigenvalue weighted by atomic mass is 19.1. The first kappa shape index (κ1) is 17.8.